The molecule has 0 saturated carbocycles. The van der Waals surface area contributed by atoms with E-state index in [0.717, 1.165) is 72.5 Å². The number of piperidine rings is 1. The summed E-state index contributed by atoms with van der Waals surface area (Å²) >= 11 is 0. The van der Waals surface area contributed by atoms with E-state index in [1.165, 1.54) is 12.1 Å². The van der Waals surface area contributed by atoms with Gasteiger partial charge in [0.1, 0.15) is 11.5 Å². The van der Waals surface area contributed by atoms with Gasteiger partial charge in [-0.2, -0.15) is 0 Å². The van der Waals surface area contributed by atoms with Crippen molar-refractivity contribution in [3.05, 3.63) is 60.1 Å². The first-order chi connectivity index (χ1) is 15.1. The molecule has 1 aliphatic heterocycles. The molecule has 2 heterocycles. The molecule has 5 nitrogen and oxygen atoms in total. The van der Waals surface area contributed by atoms with Crippen LogP contribution < -0.4 is 9.47 Å². The Morgan fingerprint density at radius 1 is 1.22 bits per heavy atom. The Morgan fingerprint density at radius 3 is 2.84 bits per heavy atom. The monoisotopic (exact) mass is 460 g/mol. The molecule has 2 aromatic carbocycles. The van der Waals surface area contributed by atoms with Crippen LogP contribution in [0.2, 0.25) is 0 Å². The van der Waals surface area contributed by atoms with Gasteiger partial charge in [-0.05, 0) is 62.6 Å². The summed E-state index contributed by atoms with van der Waals surface area (Å²) in [6, 6.07) is 10.7. The van der Waals surface area contributed by atoms with Crippen molar-refractivity contribution >= 4 is 28.9 Å². The smallest absolute Gasteiger partial charge is 0.170 e. The minimum Gasteiger partial charge on any atom is -0.493 e. The van der Waals surface area contributed by atoms with E-state index in [1.54, 1.807) is 13.2 Å². The lowest BCUT2D eigenvalue weighted by molar-refractivity contribution is 0.132. The van der Waals surface area contributed by atoms with Gasteiger partial charge in [0, 0.05) is 18.0 Å². The first kappa shape index (κ1) is 24.1. The van der Waals surface area contributed by atoms with Gasteiger partial charge in [-0.15, -0.1) is 12.4 Å². The van der Waals surface area contributed by atoms with Crippen molar-refractivity contribution in [2.45, 2.75) is 38.6 Å². The molecule has 0 amide bonds. The summed E-state index contributed by atoms with van der Waals surface area (Å²) in [6.07, 6.45) is 4.22. The van der Waals surface area contributed by atoms with E-state index >= 15 is 0 Å². The van der Waals surface area contributed by atoms with Gasteiger partial charge in [0.05, 0.1) is 19.8 Å². The van der Waals surface area contributed by atoms with Gasteiger partial charge in [0.25, 0.3) is 0 Å². The predicted octanol–water partition coefficient (Wildman–Crippen LogP) is 6.43. The summed E-state index contributed by atoms with van der Waals surface area (Å²) in [5.74, 6) is 1.16. The van der Waals surface area contributed by atoms with Gasteiger partial charge in [-0.3, -0.25) is 4.90 Å². The van der Waals surface area contributed by atoms with Gasteiger partial charge >= 0.3 is 0 Å². The van der Waals surface area contributed by atoms with Crippen LogP contribution in [0.15, 0.2) is 47.5 Å². The molecule has 1 atom stereocenters. The van der Waals surface area contributed by atoms with Crippen molar-refractivity contribution in [1.29, 1.82) is 0 Å². The van der Waals surface area contributed by atoms with E-state index in [-0.39, 0.29) is 24.3 Å². The van der Waals surface area contributed by atoms with Crippen LogP contribution in [0.3, 0.4) is 0 Å². The number of allylic oxidation sites excluding steroid dienone is 1. The molecule has 3 aromatic rings. The van der Waals surface area contributed by atoms with E-state index in [4.69, 9.17) is 14.0 Å². The number of fused-ring (bicyclic) bond motifs is 1. The fourth-order valence-electron chi connectivity index (χ4n) is 4.24. The van der Waals surface area contributed by atoms with E-state index in [9.17, 15) is 4.39 Å². The SMILES string of the molecule is C=C(C)c1ccc(OCCCN2CCCCC2c2noc3cc(F)ccc23)c(OC)c1.Cl. The summed E-state index contributed by atoms with van der Waals surface area (Å²) in [5, 5.41) is 5.19. The zero-order chi connectivity index (χ0) is 21.8. The molecule has 1 aliphatic rings. The van der Waals surface area contributed by atoms with Gasteiger partial charge in [-0.1, -0.05) is 29.8 Å². The summed E-state index contributed by atoms with van der Waals surface area (Å²) in [5.41, 5.74) is 3.45. The molecule has 32 heavy (non-hydrogen) atoms. The van der Waals surface area contributed by atoms with Crippen molar-refractivity contribution in [3.8, 4) is 11.5 Å². The van der Waals surface area contributed by atoms with Crippen molar-refractivity contribution in [2.75, 3.05) is 26.8 Å². The highest BCUT2D eigenvalue weighted by Gasteiger charge is 2.28. The standard InChI is InChI=1S/C25H29FN2O3.ClH/c1-17(2)18-8-11-22(24(15-18)29-3)30-14-6-13-28-12-5-4-7-21(28)25-20-10-9-19(26)16-23(20)31-27-25;/h8-11,15-16,21H,1,4-7,12-14H2,2-3H3;1H. The van der Waals surface area contributed by atoms with Crippen molar-refractivity contribution in [2.24, 2.45) is 0 Å². The molecule has 172 valence electrons. The second-order valence-electron chi connectivity index (χ2n) is 8.10. The number of likely N-dealkylation sites (tertiary alicyclic amines) is 1. The minimum absolute atomic E-state index is 0. The molecule has 7 heteroatoms. The Kier molecular flexibility index (Phi) is 8.15. The lowest BCUT2D eigenvalue weighted by Gasteiger charge is -2.34. The number of rotatable bonds is 8. The number of benzene rings is 2. The molecule has 1 saturated heterocycles. The van der Waals surface area contributed by atoms with Crippen LogP contribution in [-0.2, 0) is 0 Å². The van der Waals surface area contributed by atoms with Gasteiger partial charge in [0.2, 0.25) is 0 Å². The normalized spacial score (nSPS) is 16.5. The van der Waals surface area contributed by atoms with Gasteiger partial charge in [0.15, 0.2) is 17.1 Å². The Bertz CT molecular complexity index is 1070. The maximum Gasteiger partial charge on any atom is 0.170 e. The Balaban J connectivity index is 0.00000289. The van der Waals surface area contributed by atoms with Crippen LogP contribution in [0, 0.1) is 5.82 Å². The van der Waals surface area contributed by atoms with Gasteiger partial charge < -0.3 is 14.0 Å². The number of aromatic nitrogens is 1. The third-order valence-electron chi connectivity index (χ3n) is 5.89. The van der Waals surface area contributed by atoms with Crippen molar-refractivity contribution in [3.63, 3.8) is 0 Å². The van der Waals surface area contributed by atoms with Gasteiger partial charge in [-0.25, -0.2) is 4.39 Å². The topological polar surface area (TPSA) is 47.7 Å². The number of hydrogen-bond acceptors (Lipinski definition) is 5. The van der Waals surface area contributed by atoms with Crippen molar-refractivity contribution < 1.29 is 18.4 Å². The maximum absolute atomic E-state index is 13.5. The third kappa shape index (κ3) is 5.25. The van der Waals surface area contributed by atoms with Crippen LogP contribution in [0.5, 0.6) is 11.5 Å². The Labute approximate surface area is 194 Å². The van der Waals surface area contributed by atoms with Crippen LogP contribution in [0.25, 0.3) is 16.5 Å². The zero-order valence-corrected chi connectivity index (χ0v) is 19.4. The second-order valence-corrected chi connectivity index (χ2v) is 8.10. The highest BCUT2D eigenvalue weighted by Crippen LogP contribution is 2.35. The Morgan fingerprint density at radius 2 is 2.06 bits per heavy atom. The molecule has 0 bridgehead atoms. The number of methoxy groups -OCH3 is 1. The zero-order valence-electron chi connectivity index (χ0n) is 18.6. The maximum atomic E-state index is 13.5. The number of nitrogens with zero attached hydrogens (tertiary/aromatic N) is 2. The predicted molar refractivity (Wildman–Crippen MR) is 127 cm³/mol. The quantitative estimate of drug-likeness (QED) is 0.362. The lowest BCUT2D eigenvalue weighted by atomic mass is 9.97. The molecule has 1 unspecified atom stereocenters. The summed E-state index contributed by atoms with van der Waals surface area (Å²) in [7, 11) is 1.65. The molecule has 0 aliphatic carbocycles. The molecular weight excluding hydrogens is 431 g/mol. The second kappa shape index (κ2) is 10.8. The minimum atomic E-state index is -0.306. The molecule has 1 aromatic heterocycles. The number of hydrogen-bond donors (Lipinski definition) is 0. The molecule has 0 spiro atoms. The van der Waals surface area contributed by atoms with Crippen LogP contribution in [0.1, 0.15) is 49.9 Å². The van der Waals surface area contributed by atoms with Crippen LogP contribution in [0.4, 0.5) is 4.39 Å². The average molecular weight is 461 g/mol. The van der Waals surface area contributed by atoms with Crippen LogP contribution in [-0.4, -0.2) is 36.9 Å². The van der Waals surface area contributed by atoms with E-state index < -0.39 is 0 Å². The highest BCUT2D eigenvalue weighted by atomic mass is 35.5. The number of halogens is 2. The fraction of sp³-hybridized carbons (Fsp3) is 0.400. The molecule has 0 N–H and O–H groups in total. The third-order valence-corrected chi connectivity index (χ3v) is 5.89. The van der Waals surface area contributed by atoms with Crippen LogP contribution >= 0.6 is 12.4 Å². The fourth-order valence-corrected chi connectivity index (χ4v) is 4.24. The lowest BCUT2D eigenvalue weighted by Crippen LogP contribution is -2.35. The molecule has 4 rings (SSSR count). The first-order valence-electron chi connectivity index (χ1n) is 10.8. The Hall–Kier alpha value is -2.57. The highest BCUT2D eigenvalue weighted by molar-refractivity contribution is 5.85. The molecule has 0 radical (unpaired) electrons. The van der Waals surface area contributed by atoms with E-state index in [1.807, 2.05) is 25.1 Å². The largest absolute Gasteiger partial charge is 0.493 e. The van der Waals surface area contributed by atoms with Crippen molar-refractivity contribution in [1.82, 2.24) is 10.1 Å². The summed E-state index contributed by atoms with van der Waals surface area (Å²) in [6.45, 7) is 8.45. The van der Waals surface area contributed by atoms with E-state index in [2.05, 4.69) is 16.6 Å². The molecular formula is C25H30ClFN2O3. The van der Waals surface area contributed by atoms with E-state index in [0.29, 0.717) is 12.2 Å². The molecule has 1 fully saturated rings. The summed E-state index contributed by atoms with van der Waals surface area (Å²) in [4.78, 5) is 2.44. The average Bonchev–Trinajstić information content (AvgIpc) is 3.19. The summed E-state index contributed by atoms with van der Waals surface area (Å²) < 4.78 is 30.4. The first-order valence-corrected chi connectivity index (χ1v) is 10.8. The number of ether oxygens (including phenoxy) is 2.